The van der Waals surface area contributed by atoms with E-state index >= 15 is 0 Å². The molecule has 0 amide bonds. The Morgan fingerprint density at radius 3 is 2.69 bits per heavy atom. The molecular formula is C11H21BrN4. The summed E-state index contributed by atoms with van der Waals surface area (Å²) in [5, 5.41) is 11.5. The van der Waals surface area contributed by atoms with Crippen LogP contribution in [0.15, 0.2) is 4.60 Å². The Morgan fingerprint density at radius 2 is 2.19 bits per heavy atom. The number of aromatic nitrogens is 3. The third-order valence-corrected chi connectivity index (χ3v) is 3.42. The smallest absolute Gasteiger partial charge is 0.151 e. The number of hydrogen-bond acceptors (Lipinski definition) is 3. The quantitative estimate of drug-likeness (QED) is 0.837. The summed E-state index contributed by atoms with van der Waals surface area (Å²) in [4.78, 5) is 0. The van der Waals surface area contributed by atoms with Gasteiger partial charge in [-0.1, -0.05) is 19.1 Å². The molecule has 0 saturated carbocycles. The number of nitrogens with zero attached hydrogens (tertiary/aromatic N) is 3. The van der Waals surface area contributed by atoms with Gasteiger partial charge in [0.1, 0.15) is 0 Å². The number of hydrogen-bond donors (Lipinski definition) is 1. The van der Waals surface area contributed by atoms with Crippen molar-refractivity contribution in [3.8, 4) is 0 Å². The zero-order chi connectivity index (χ0) is 12.0. The van der Waals surface area contributed by atoms with Crippen LogP contribution in [0.3, 0.4) is 0 Å². The van der Waals surface area contributed by atoms with Crippen molar-refractivity contribution in [1.82, 2.24) is 20.3 Å². The summed E-state index contributed by atoms with van der Waals surface area (Å²) in [6, 6.07) is 0.599. The first-order valence-electron chi connectivity index (χ1n) is 5.96. The van der Waals surface area contributed by atoms with Crippen LogP contribution in [0.25, 0.3) is 0 Å². The lowest BCUT2D eigenvalue weighted by atomic mass is 10.1. The van der Waals surface area contributed by atoms with Crippen molar-refractivity contribution in [2.75, 3.05) is 6.54 Å². The van der Waals surface area contributed by atoms with Crippen molar-refractivity contribution in [1.29, 1.82) is 0 Å². The standard InChI is InChI=1S/C11H21BrN4/c1-4-8-13-9(5-2)6-7-10-11(12)14-15-16(10)3/h9,13H,4-8H2,1-3H3. The largest absolute Gasteiger partial charge is 0.314 e. The molecule has 1 aromatic heterocycles. The lowest BCUT2D eigenvalue weighted by molar-refractivity contribution is 0.462. The van der Waals surface area contributed by atoms with Crippen LogP contribution in [0.2, 0.25) is 0 Å². The first-order valence-corrected chi connectivity index (χ1v) is 6.75. The summed E-state index contributed by atoms with van der Waals surface area (Å²) in [7, 11) is 1.94. The van der Waals surface area contributed by atoms with Crippen LogP contribution in [0.5, 0.6) is 0 Å². The Hall–Kier alpha value is -0.420. The minimum Gasteiger partial charge on any atom is -0.314 e. The summed E-state index contributed by atoms with van der Waals surface area (Å²) in [5.41, 5.74) is 1.18. The maximum atomic E-state index is 3.99. The van der Waals surface area contributed by atoms with E-state index in [0.717, 1.165) is 24.0 Å². The summed E-state index contributed by atoms with van der Waals surface area (Å²) in [6.07, 6.45) is 4.51. The molecule has 1 aromatic rings. The molecule has 1 atom stereocenters. The van der Waals surface area contributed by atoms with Crippen LogP contribution in [0.4, 0.5) is 0 Å². The molecule has 0 spiro atoms. The van der Waals surface area contributed by atoms with Crippen LogP contribution in [-0.2, 0) is 13.5 Å². The third kappa shape index (κ3) is 3.87. The fourth-order valence-corrected chi connectivity index (χ4v) is 2.25. The van der Waals surface area contributed by atoms with Gasteiger partial charge in [0.25, 0.3) is 0 Å². The van der Waals surface area contributed by atoms with Crippen LogP contribution < -0.4 is 5.32 Å². The molecule has 92 valence electrons. The van der Waals surface area contributed by atoms with E-state index in [9.17, 15) is 0 Å². The van der Waals surface area contributed by atoms with Crippen molar-refractivity contribution in [3.63, 3.8) is 0 Å². The average molecular weight is 289 g/mol. The maximum absolute atomic E-state index is 3.99. The molecule has 0 aromatic carbocycles. The predicted molar refractivity (Wildman–Crippen MR) is 69.4 cm³/mol. The lowest BCUT2D eigenvalue weighted by Crippen LogP contribution is -2.29. The van der Waals surface area contributed by atoms with Gasteiger partial charge in [0.05, 0.1) is 5.69 Å². The molecule has 4 nitrogen and oxygen atoms in total. The van der Waals surface area contributed by atoms with E-state index in [-0.39, 0.29) is 0 Å². The zero-order valence-corrected chi connectivity index (χ0v) is 11.9. The number of nitrogens with one attached hydrogen (secondary N) is 1. The lowest BCUT2D eigenvalue weighted by Gasteiger charge is -2.16. The molecule has 1 rings (SSSR count). The Kier molecular flexibility index (Phi) is 5.98. The predicted octanol–water partition coefficient (Wildman–Crippen LogP) is 2.29. The Bertz CT molecular complexity index is 291. The van der Waals surface area contributed by atoms with E-state index in [2.05, 4.69) is 45.4 Å². The fraction of sp³-hybridized carbons (Fsp3) is 0.818. The monoisotopic (exact) mass is 288 g/mol. The zero-order valence-electron chi connectivity index (χ0n) is 10.3. The second-order valence-electron chi connectivity index (χ2n) is 4.05. The normalized spacial score (nSPS) is 13.0. The number of aryl methyl sites for hydroxylation is 1. The van der Waals surface area contributed by atoms with Gasteiger partial charge in [0.2, 0.25) is 0 Å². The Balaban J connectivity index is 2.43. The van der Waals surface area contributed by atoms with Gasteiger partial charge >= 0.3 is 0 Å². The highest BCUT2D eigenvalue weighted by Crippen LogP contribution is 2.15. The van der Waals surface area contributed by atoms with Crippen molar-refractivity contribution < 1.29 is 0 Å². The van der Waals surface area contributed by atoms with Gasteiger partial charge < -0.3 is 5.32 Å². The maximum Gasteiger partial charge on any atom is 0.151 e. The molecule has 16 heavy (non-hydrogen) atoms. The molecular weight excluding hydrogens is 268 g/mol. The molecule has 0 aliphatic rings. The van der Waals surface area contributed by atoms with Gasteiger partial charge in [0.15, 0.2) is 4.60 Å². The van der Waals surface area contributed by atoms with E-state index in [0.29, 0.717) is 6.04 Å². The van der Waals surface area contributed by atoms with Crippen LogP contribution in [-0.4, -0.2) is 27.6 Å². The fourth-order valence-electron chi connectivity index (χ4n) is 1.73. The van der Waals surface area contributed by atoms with Gasteiger partial charge in [-0.2, -0.15) is 0 Å². The van der Waals surface area contributed by atoms with Gasteiger partial charge in [-0.3, -0.25) is 4.68 Å². The van der Waals surface area contributed by atoms with Gasteiger partial charge in [-0.15, -0.1) is 5.10 Å². The van der Waals surface area contributed by atoms with Gasteiger partial charge in [0, 0.05) is 13.1 Å². The minimum absolute atomic E-state index is 0.599. The third-order valence-electron chi connectivity index (χ3n) is 2.80. The first kappa shape index (κ1) is 13.6. The molecule has 1 unspecified atom stereocenters. The van der Waals surface area contributed by atoms with E-state index in [1.54, 1.807) is 0 Å². The number of rotatable bonds is 7. The summed E-state index contributed by atoms with van der Waals surface area (Å²) in [5.74, 6) is 0. The highest BCUT2D eigenvalue weighted by molar-refractivity contribution is 9.10. The minimum atomic E-state index is 0.599. The topological polar surface area (TPSA) is 42.7 Å². The molecule has 5 heteroatoms. The average Bonchev–Trinajstić information content (AvgIpc) is 2.60. The highest BCUT2D eigenvalue weighted by atomic mass is 79.9. The van der Waals surface area contributed by atoms with Gasteiger partial charge in [-0.25, -0.2) is 0 Å². The van der Waals surface area contributed by atoms with E-state index < -0.39 is 0 Å². The van der Waals surface area contributed by atoms with Crippen LogP contribution in [0.1, 0.15) is 38.8 Å². The van der Waals surface area contributed by atoms with Crippen molar-refractivity contribution in [2.45, 2.75) is 45.6 Å². The second kappa shape index (κ2) is 7.01. The molecule has 0 saturated heterocycles. The van der Waals surface area contributed by atoms with E-state index in [1.807, 2.05) is 11.7 Å². The Labute approximate surface area is 106 Å². The van der Waals surface area contributed by atoms with Crippen LogP contribution in [0, 0.1) is 0 Å². The van der Waals surface area contributed by atoms with E-state index in [1.165, 1.54) is 18.5 Å². The molecule has 0 aliphatic heterocycles. The molecule has 0 bridgehead atoms. The van der Waals surface area contributed by atoms with Gasteiger partial charge in [-0.05, 0) is 48.2 Å². The highest BCUT2D eigenvalue weighted by Gasteiger charge is 2.11. The van der Waals surface area contributed by atoms with Crippen molar-refractivity contribution >= 4 is 15.9 Å². The molecule has 0 aliphatic carbocycles. The van der Waals surface area contributed by atoms with Crippen molar-refractivity contribution in [2.24, 2.45) is 7.05 Å². The van der Waals surface area contributed by atoms with Crippen LogP contribution >= 0.6 is 15.9 Å². The Morgan fingerprint density at radius 1 is 1.44 bits per heavy atom. The van der Waals surface area contributed by atoms with Crippen molar-refractivity contribution in [3.05, 3.63) is 10.3 Å². The molecule has 0 radical (unpaired) electrons. The van der Waals surface area contributed by atoms with E-state index in [4.69, 9.17) is 0 Å². The number of halogens is 1. The second-order valence-corrected chi connectivity index (χ2v) is 4.80. The molecule has 1 heterocycles. The summed E-state index contributed by atoms with van der Waals surface area (Å²) < 4.78 is 2.72. The first-order chi connectivity index (χ1) is 7.69. The molecule has 1 N–H and O–H groups in total. The summed E-state index contributed by atoms with van der Waals surface area (Å²) >= 11 is 3.43. The SMILES string of the molecule is CCCNC(CC)CCc1c(Br)nnn1C. The summed E-state index contributed by atoms with van der Waals surface area (Å²) in [6.45, 7) is 5.52. The molecule has 0 fully saturated rings.